The lowest BCUT2D eigenvalue weighted by atomic mass is 10.0. The van der Waals surface area contributed by atoms with Crippen molar-refractivity contribution in [2.75, 3.05) is 26.2 Å². The SMILES string of the molecule is c1ccc(COc2ccc(-c3cc(CN4CCC(OC5CCN(Cc6cc(-c7ccc(OCc8ccccc8)cc7)no6)CC5)CC4)on3)cc2)cc1. The summed E-state index contributed by atoms with van der Waals surface area (Å²) in [4.78, 5) is 4.88. The lowest BCUT2D eigenvalue weighted by molar-refractivity contribution is -0.0674. The predicted octanol–water partition coefficient (Wildman–Crippen LogP) is 8.80. The van der Waals surface area contributed by atoms with Gasteiger partial charge < -0.3 is 23.3 Å². The molecule has 0 unspecified atom stereocenters. The zero-order valence-electron chi connectivity index (χ0n) is 30.0. The van der Waals surface area contributed by atoms with Gasteiger partial charge in [0.15, 0.2) is 11.5 Å². The first-order chi connectivity index (χ1) is 26.2. The number of benzene rings is 4. The summed E-state index contributed by atoms with van der Waals surface area (Å²) < 4.78 is 29.9. The van der Waals surface area contributed by atoms with E-state index >= 15 is 0 Å². The van der Waals surface area contributed by atoms with Crippen LogP contribution in [0.3, 0.4) is 0 Å². The van der Waals surface area contributed by atoms with Crippen molar-refractivity contribution in [2.45, 2.75) is 64.2 Å². The van der Waals surface area contributed by atoms with Crippen molar-refractivity contribution in [3.8, 4) is 34.0 Å². The van der Waals surface area contributed by atoms with Gasteiger partial charge in [0, 0.05) is 49.4 Å². The summed E-state index contributed by atoms with van der Waals surface area (Å²) in [5.41, 5.74) is 6.02. The second-order valence-corrected chi connectivity index (χ2v) is 14.0. The largest absolute Gasteiger partial charge is 0.489 e. The van der Waals surface area contributed by atoms with Crippen molar-refractivity contribution in [1.82, 2.24) is 20.1 Å². The molecule has 2 aliphatic heterocycles. The monoisotopic (exact) mass is 710 g/mol. The van der Waals surface area contributed by atoms with Crippen molar-refractivity contribution in [1.29, 1.82) is 0 Å². The minimum absolute atomic E-state index is 0.308. The molecule has 9 nitrogen and oxygen atoms in total. The van der Waals surface area contributed by atoms with Crippen LogP contribution in [-0.2, 0) is 31.0 Å². The van der Waals surface area contributed by atoms with Crippen molar-refractivity contribution >= 4 is 0 Å². The molecule has 9 heteroatoms. The van der Waals surface area contributed by atoms with Crippen LogP contribution in [0.25, 0.3) is 22.5 Å². The van der Waals surface area contributed by atoms with Crippen molar-refractivity contribution in [3.05, 3.63) is 144 Å². The van der Waals surface area contributed by atoms with E-state index in [-0.39, 0.29) is 0 Å². The number of nitrogens with zero attached hydrogens (tertiary/aromatic N) is 4. The first-order valence-corrected chi connectivity index (χ1v) is 18.7. The van der Waals surface area contributed by atoms with E-state index in [4.69, 9.17) is 23.3 Å². The summed E-state index contributed by atoms with van der Waals surface area (Å²) in [6.45, 7) is 6.57. The Hall–Kier alpha value is -5.22. The third-order valence-corrected chi connectivity index (χ3v) is 10.1. The van der Waals surface area contributed by atoms with Crippen LogP contribution >= 0.6 is 0 Å². The highest BCUT2D eigenvalue weighted by Crippen LogP contribution is 2.27. The molecule has 2 saturated heterocycles. The molecule has 0 radical (unpaired) electrons. The summed E-state index contributed by atoms with van der Waals surface area (Å²) in [5, 5.41) is 8.69. The molecule has 0 amide bonds. The van der Waals surface area contributed by atoms with Crippen LogP contribution < -0.4 is 9.47 Å². The molecule has 0 spiro atoms. The average molecular weight is 711 g/mol. The number of aromatic nitrogens is 2. The Labute approximate surface area is 311 Å². The van der Waals surface area contributed by atoms with Gasteiger partial charge in [-0.2, -0.15) is 0 Å². The molecule has 0 atom stereocenters. The van der Waals surface area contributed by atoms with Gasteiger partial charge in [0.2, 0.25) is 0 Å². The zero-order valence-corrected chi connectivity index (χ0v) is 30.0. The van der Waals surface area contributed by atoms with Crippen molar-refractivity contribution in [3.63, 3.8) is 0 Å². The maximum Gasteiger partial charge on any atom is 0.151 e. The smallest absolute Gasteiger partial charge is 0.151 e. The molecule has 2 aliphatic rings. The van der Waals surface area contributed by atoms with Crippen LogP contribution in [0.1, 0.15) is 48.3 Å². The third kappa shape index (κ3) is 9.61. The highest BCUT2D eigenvalue weighted by Gasteiger charge is 2.27. The predicted molar refractivity (Wildman–Crippen MR) is 203 cm³/mol. The van der Waals surface area contributed by atoms with E-state index in [0.29, 0.717) is 25.4 Å². The fourth-order valence-electron chi connectivity index (χ4n) is 7.09. The molecule has 4 aromatic carbocycles. The molecular weight excluding hydrogens is 665 g/mol. The van der Waals surface area contributed by atoms with E-state index in [1.54, 1.807) is 0 Å². The Morgan fingerprint density at radius 3 is 1.30 bits per heavy atom. The summed E-state index contributed by atoms with van der Waals surface area (Å²) in [6, 6.07) is 40.5. The molecule has 2 aromatic heterocycles. The first-order valence-electron chi connectivity index (χ1n) is 18.7. The zero-order chi connectivity index (χ0) is 35.7. The Bertz CT molecular complexity index is 1830. The molecule has 53 heavy (non-hydrogen) atoms. The van der Waals surface area contributed by atoms with E-state index in [0.717, 1.165) is 122 Å². The van der Waals surface area contributed by atoms with Crippen LogP contribution in [0.4, 0.5) is 0 Å². The fraction of sp³-hybridized carbons (Fsp3) is 0.318. The molecule has 0 N–H and O–H groups in total. The summed E-state index contributed by atoms with van der Waals surface area (Å²) in [6.07, 6.45) is 4.75. The fourth-order valence-corrected chi connectivity index (χ4v) is 7.09. The molecule has 0 aliphatic carbocycles. The van der Waals surface area contributed by atoms with E-state index in [1.807, 2.05) is 84.9 Å². The molecule has 272 valence electrons. The number of hydrogen-bond acceptors (Lipinski definition) is 9. The van der Waals surface area contributed by atoms with Crippen LogP contribution in [0.2, 0.25) is 0 Å². The van der Waals surface area contributed by atoms with Crippen LogP contribution in [0.15, 0.2) is 130 Å². The van der Waals surface area contributed by atoms with Crippen LogP contribution in [0.5, 0.6) is 11.5 Å². The molecule has 0 bridgehead atoms. The Morgan fingerprint density at radius 1 is 0.509 bits per heavy atom. The highest BCUT2D eigenvalue weighted by molar-refractivity contribution is 5.60. The number of ether oxygens (including phenoxy) is 3. The lowest BCUT2D eigenvalue weighted by Crippen LogP contribution is -2.41. The van der Waals surface area contributed by atoms with E-state index in [9.17, 15) is 0 Å². The van der Waals surface area contributed by atoms with Gasteiger partial charge in [0.1, 0.15) is 36.1 Å². The Morgan fingerprint density at radius 2 is 0.906 bits per heavy atom. The van der Waals surface area contributed by atoms with E-state index in [1.165, 1.54) is 0 Å². The number of rotatable bonds is 14. The molecule has 6 aromatic rings. The highest BCUT2D eigenvalue weighted by atomic mass is 16.5. The second-order valence-electron chi connectivity index (χ2n) is 14.0. The van der Waals surface area contributed by atoms with Crippen molar-refractivity contribution < 1.29 is 23.3 Å². The Balaban J connectivity index is 0.725. The number of hydrogen-bond donors (Lipinski definition) is 0. The van der Waals surface area contributed by atoms with Gasteiger partial charge in [-0.15, -0.1) is 0 Å². The van der Waals surface area contributed by atoms with E-state index < -0.39 is 0 Å². The number of piperidine rings is 2. The van der Waals surface area contributed by atoms with Crippen molar-refractivity contribution in [2.24, 2.45) is 0 Å². The van der Waals surface area contributed by atoms with Gasteiger partial charge in [0.05, 0.1) is 25.3 Å². The van der Waals surface area contributed by atoms with Crippen LogP contribution in [-0.4, -0.2) is 58.5 Å². The minimum Gasteiger partial charge on any atom is -0.489 e. The minimum atomic E-state index is 0.308. The maximum atomic E-state index is 6.61. The van der Waals surface area contributed by atoms with Gasteiger partial charge in [-0.05, 0) is 85.3 Å². The molecule has 8 rings (SSSR count). The van der Waals surface area contributed by atoms with Gasteiger partial charge in [0.25, 0.3) is 0 Å². The quantitative estimate of drug-likeness (QED) is 0.110. The standard InChI is InChI=1S/C44H46N4O5/c1-3-7-33(8-4-1)31-49-37-15-11-35(12-16-37)43-27-41(52-45-43)29-47-23-19-39(20-24-47)51-40-21-25-48(26-22-40)30-42-28-44(46-53-42)36-13-17-38(18-14-36)50-32-34-9-5-2-6-10-34/h1-18,27-28,39-40H,19-26,29-32H2. The average Bonchev–Trinajstić information content (AvgIpc) is 3.89. The molecule has 2 fully saturated rings. The summed E-state index contributed by atoms with van der Waals surface area (Å²) >= 11 is 0. The van der Waals surface area contributed by atoms with Gasteiger partial charge in [-0.1, -0.05) is 71.0 Å². The summed E-state index contributed by atoms with van der Waals surface area (Å²) in [7, 11) is 0. The topological polar surface area (TPSA) is 86.2 Å². The normalized spacial score (nSPS) is 16.2. The lowest BCUT2D eigenvalue weighted by Gasteiger charge is -2.36. The second kappa shape index (κ2) is 17.1. The van der Waals surface area contributed by atoms with Gasteiger partial charge >= 0.3 is 0 Å². The van der Waals surface area contributed by atoms with E-state index in [2.05, 4.69) is 56.5 Å². The number of likely N-dealkylation sites (tertiary alicyclic amines) is 2. The van der Waals surface area contributed by atoms with Crippen LogP contribution in [0, 0.1) is 0 Å². The maximum absolute atomic E-state index is 6.61. The molecule has 4 heterocycles. The van der Waals surface area contributed by atoms with Gasteiger partial charge in [-0.3, -0.25) is 9.80 Å². The Kier molecular flexibility index (Phi) is 11.2. The molecule has 0 saturated carbocycles. The van der Waals surface area contributed by atoms with Gasteiger partial charge in [-0.25, -0.2) is 0 Å². The third-order valence-electron chi connectivity index (χ3n) is 10.1. The summed E-state index contributed by atoms with van der Waals surface area (Å²) in [5.74, 6) is 3.44. The first kappa shape index (κ1) is 34.8. The molecular formula is C44H46N4O5.